The van der Waals surface area contributed by atoms with Crippen LogP contribution in [-0.4, -0.2) is 39.0 Å². The van der Waals surface area contributed by atoms with Crippen molar-refractivity contribution >= 4 is 40.0 Å². The van der Waals surface area contributed by atoms with Gasteiger partial charge in [0.25, 0.3) is 0 Å². The standard InChI is InChI=1S/C19H20N4O3S2/c1-4-26-18(25)16-14(13-8-6-5-7-9-13)10-27-17(16)20-15(24)11-28-19-22-21-12(2)23(19)3/h5-10H,4,11H2,1-3H3,(H,20,24). The zero-order chi connectivity index (χ0) is 20.1. The van der Waals surface area contributed by atoms with Gasteiger partial charge in [0.15, 0.2) is 5.16 Å². The molecule has 0 spiro atoms. The van der Waals surface area contributed by atoms with Gasteiger partial charge in [0, 0.05) is 18.0 Å². The van der Waals surface area contributed by atoms with Crippen LogP contribution in [0.5, 0.6) is 0 Å². The Bertz CT molecular complexity index is 982. The number of hydrogen-bond acceptors (Lipinski definition) is 7. The van der Waals surface area contributed by atoms with E-state index in [-0.39, 0.29) is 18.3 Å². The fourth-order valence-corrected chi connectivity index (χ4v) is 4.22. The number of amides is 1. The summed E-state index contributed by atoms with van der Waals surface area (Å²) in [6.45, 7) is 3.86. The molecule has 0 bridgehead atoms. The van der Waals surface area contributed by atoms with Crippen molar-refractivity contribution in [2.45, 2.75) is 19.0 Å². The highest BCUT2D eigenvalue weighted by atomic mass is 32.2. The van der Waals surface area contributed by atoms with Crippen molar-refractivity contribution in [2.24, 2.45) is 7.05 Å². The average molecular weight is 417 g/mol. The van der Waals surface area contributed by atoms with Crippen LogP contribution in [0, 0.1) is 6.92 Å². The fourth-order valence-electron chi connectivity index (χ4n) is 2.49. The van der Waals surface area contributed by atoms with Gasteiger partial charge in [0.05, 0.1) is 12.4 Å². The van der Waals surface area contributed by atoms with Gasteiger partial charge < -0.3 is 14.6 Å². The predicted molar refractivity (Wildman–Crippen MR) is 111 cm³/mol. The number of thioether (sulfide) groups is 1. The van der Waals surface area contributed by atoms with E-state index in [1.54, 1.807) is 6.92 Å². The number of aromatic nitrogens is 3. The maximum atomic E-state index is 12.5. The Balaban J connectivity index is 1.79. The molecule has 0 saturated carbocycles. The molecule has 1 amide bonds. The Kier molecular flexibility index (Phi) is 6.48. The Hall–Kier alpha value is -2.65. The van der Waals surface area contributed by atoms with Crippen LogP contribution in [0.25, 0.3) is 11.1 Å². The minimum absolute atomic E-state index is 0.160. The summed E-state index contributed by atoms with van der Waals surface area (Å²) in [6.07, 6.45) is 0. The van der Waals surface area contributed by atoms with Crippen molar-refractivity contribution in [1.82, 2.24) is 14.8 Å². The van der Waals surface area contributed by atoms with E-state index >= 15 is 0 Å². The molecule has 0 saturated heterocycles. The van der Waals surface area contributed by atoms with Crippen molar-refractivity contribution < 1.29 is 14.3 Å². The highest BCUT2D eigenvalue weighted by Crippen LogP contribution is 2.36. The first kappa shape index (κ1) is 20.1. The van der Waals surface area contributed by atoms with Gasteiger partial charge in [-0.3, -0.25) is 4.79 Å². The first-order valence-electron chi connectivity index (χ1n) is 8.64. The van der Waals surface area contributed by atoms with E-state index in [2.05, 4.69) is 15.5 Å². The van der Waals surface area contributed by atoms with Gasteiger partial charge in [-0.2, -0.15) is 0 Å². The maximum absolute atomic E-state index is 12.5. The molecular formula is C19H20N4O3S2. The number of nitrogens with zero attached hydrogens (tertiary/aromatic N) is 3. The summed E-state index contributed by atoms with van der Waals surface area (Å²) in [6, 6.07) is 9.55. The molecule has 1 aromatic carbocycles. The molecule has 3 aromatic rings. The molecule has 2 aromatic heterocycles. The van der Waals surface area contributed by atoms with Gasteiger partial charge in [-0.25, -0.2) is 4.79 Å². The van der Waals surface area contributed by atoms with Gasteiger partial charge in [-0.05, 0) is 19.4 Å². The number of esters is 1. The first-order chi connectivity index (χ1) is 13.5. The molecule has 3 rings (SSSR count). The molecule has 0 atom stereocenters. The van der Waals surface area contributed by atoms with Gasteiger partial charge >= 0.3 is 5.97 Å². The van der Waals surface area contributed by atoms with E-state index in [4.69, 9.17) is 4.74 Å². The van der Waals surface area contributed by atoms with Crippen LogP contribution in [-0.2, 0) is 16.6 Å². The van der Waals surface area contributed by atoms with E-state index in [0.717, 1.165) is 17.0 Å². The number of nitrogens with one attached hydrogen (secondary N) is 1. The second-order valence-corrected chi connectivity index (χ2v) is 7.69. The molecule has 9 heteroatoms. The second kappa shape index (κ2) is 9.03. The van der Waals surface area contributed by atoms with Crippen molar-refractivity contribution in [3.63, 3.8) is 0 Å². The molecule has 0 fully saturated rings. The van der Waals surface area contributed by atoms with E-state index in [0.29, 0.717) is 15.7 Å². The summed E-state index contributed by atoms with van der Waals surface area (Å²) in [5.41, 5.74) is 2.02. The molecule has 0 aliphatic rings. The van der Waals surface area contributed by atoms with E-state index < -0.39 is 5.97 Å². The Morgan fingerprint density at radius 2 is 2.00 bits per heavy atom. The number of benzene rings is 1. The fraction of sp³-hybridized carbons (Fsp3) is 0.263. The molecule has 146 valence electrons. The van der Waals surface area contributed by atoms with E-state index in [1.165, 1.54) is 23.1 Å². The van der Waals surface area contributed by atoms with Gasteiger partial charge in [0.1, 0.15) is 16.4 Å². The van der Waals surface area contributed by atoms with Crippen LogP contribution in [0.3, 0.4) is 0 Å². The number of hydrogen-bond donors (Lipinski definition) is 1. The molecule has 0 aliphatic heterocycles. The Morgan fingerprint density at radius 3 is 2.64 bits per heavy atom. The number of aryl methyl sites for hydroxylation is 1. The molecule has 0 unspecified atom stereocenters. The molecule has 0 aliphatic carbocycles. The van der Waals surface area contributed by atoms with E-state index in [1.807, 2.05) is 54.3 Å². The predicted octanol–water partition coefficient (Wildman–Crippen LogP) is 3.76. The van der Waals surface area contributed by atoms with Crippen molar-refractivity contribution in [3.05, 3.63) is 47.1 Å². The summed E-state index contributed by atoms with van der Waals surface area (Å²) in [7, 11) is 1.85. The molecular weight excluding hydrogens is 396 g/mol. The van der Waals surface area contributed by atoms with Crippen LogP contribution in [0.2, 0.25) is 0 Å². The topological polar surface area (TPSA) is 86.1 Å². The van der Waals surface area contributed by atoms with Crippen LogP contribution >= 0.6 is 23.1 Å². The number of rotatable bonds is 7. The normalized spacial score (nSPS) is 10.7. The number of carbonyl (C=O) groups is 2. The molecule has 0 radical (unpaired) electrons. The third kappa shape index (κ3) is 4.42. The van der Waals surface area contributed by atoms with Crippen LogP contribution < -0.4 is 5.32 Å². The zero-order valence-corrected chi connectivity index (χ0v) is 17.4. The van der Waals surface area contributed by atoms with Crippen LogP contribution in [0.1, 0.15) is 23.1 Å². The SMILES string of the molecule is CCOC(=O)c1c(-c2ccccc2)csc1NC(=O)CSc1nnc(C)n1C. The van der Waals surface area contributed by atoms with E-state index in [9.17, 15) is 9.59 Å². The number of anilines is 1. The summed E-state index contributed by atoms with van der Waals surface area (Å²) in [5.74, 6) is 0.262. The third-order valence-corrected chi connectivity index (χ3v) is 5.91. The lowest BCUT2D eigenvalue weighted by atomic mass is 10.0. The van der Waals surface area contributed by atoms with Crippen LogP contribution in [0.4, 0.5) is 5.00 Å². The zero-order valence-electron chi connectivity index (χ0n) is 15.8. The maximum Gasteiger partial charge on any atom is 0.341 e. The summed E-state index contributed by atoms with van der Waals surface area (Å²) in [5, 5.41) is 13.8. The highest BCUT2D eigenvalue weighted by Gasteiger charge is 2.23. The minimum Gasteiger partial charge on any atom is -0.462 e. The number of carbonyl (C=O) groups excluding carboxylic acids is 2. The molecule has 28 heavy (non-hydrogen) atoms. The molecule has 7 nitrogen and oxygen atoms in total. The monoisotopic (exact) mass is 416 g/mol. The summed E-state index contributed by atoms with van der Waals surface area (Å²) < 4.78 is 7.03. The van der Waals surface area contributed by atoms with Crippen molar-refractivity contribution in [3.8, 4) is 11.1 Å². The number of ether oxygens (including phenoxy) is 1. The summed E-state index contributed by atoms with van der Waals surface area (Å²) >= 11 is 2.60. The summed E-state index contributed by atoms with van der Waals surface area (Å²) in [4.78, 5) is 25.0. The molecule has 2 heterocycles. The largest absolute Gasteiger partial charge is 0.462 e. The smallest absolute Gasteiger partial charge is 0.341 e. The number of thiophene rings is 1. The highest BCUT2D eigenvalue weighted by molar-refractivity contribution is 7.99. The minimum atomic E-state index is -0.450. The lowest BCUT2D eigenvalue weighted by Gasteiger charge is -2.09. The first-order valence-corrected chi connectivity index (χ1v) is 10.5. The third-order valence-electron chi connectivity index (χ3n) is 3.99. The van der Waals surface area contributed by atoms with Crippen LogP contribution in [0.15, 0.2) is 40.9 Å². The van der Waals surface area contributed by atoms with Crippen molar-refractivity contribution in [1.29, 1.82) is 0 Å². The molecule has 1 N–H and O–H groups in total. The Labute approximate surface area is 171 Å². The van der Waals surface area contributed by atoms with Crippen molar-refractivity contribution in [2.75, 3.05) is 17.7 Å². The van der Waals surface area contributed by atoms with Gasteiger partial charge in [-0.15, -0.1) is 21.5 Å². The van der Waals surface area contributed by atoms with Gasteiger partial charge in [-0.1, -0.05) is 42.1 Å². The van der Waals surface area contributed by atoms with Gasteiger partial charge in [0.2, 0.25) is 5.91 Å². The lowest BCUT2D eigenvalue weighted by molar-refractivity contribution is -0.113. The average Bonchev–Trinajstić information content (AvgIpc) is 3.25. The quantitative estimate of drug-likeness (QED) is 0.466. The lowest BCUT2D eigenvalue weighted by Crippen LogP contribution is -2.16. The Morgan fingerprint density at radius 1 is 1.25 bits per heavy atom. The second-order valence-electron chi connectivity index (χ2n) is 5.87.